The molecule has 3 heterocycles. The van der Waals surface area contributed by atoms with Crippen LogP contribution in [0.2, 0.25) is 0 Å². The third-order valence-electron chi connectivity index (χ3n) is 6.58. The number of piperazine rings is 1. The lowest BCUT2D eigenvalue weighted by molar-refractivity contribution is 0.384. The highest BCUT2D eigenvalue weighted by atomic mass is 32.2. The number of anilines is 1. The normalized spacial score (nSPS) is 19.9. The van der Waals surface area contributed by atoms with Gasteiger partial charge < -0.3 is 4.90 Å². The van der Waals surface area contributed by atoms with E-state index in [9.17, 15) is 8.42 Å². The van der Waals surface area contributed by atoms with E-state index in [1.165, 1.54) is 22.2 Å². The van der Waals surface area contributed by atoms with Gasteiger partial charge in [0.05, 0.1) is 10.3 Å². The van der Waals surface area contributed by atoms with Crippen molar-refractivity contribution in [3.05, 3.63) is 46.6 Å². The Hall–Kier alpha value is -2.03. The number of fused-ring (bicyclic) bond motifs is 3. The van der Waals surface area contributed by atoms with Gasteiger partial charge in [0.15, 0.2) is 0 Å². The zero-order valence-electron chi connectivity index (χ0n) is 18.7. The highest BCUT2D eigenvalue weighted by molar-refractivity contribution is 7.89. The van der Waals surface area contributed by atoms with E-state index in [0.717, 1.165) is 42.2 Å². The summed E-state index contributed by atoms with van der Waals surface area (Å²) in [5.74, 6) is 2.64. The maximum atomic E-state index is 13.0. The summed E-state index contributed by atoms with van der Waals surface area (Å²) in [6, 6.07) is 8.73. The second-order valence-electron chi connectivity index (χ2n) is 8.95. The Kier molecular flexibility index (Phi) is 5.94. The fraction of sp³-hybridized carbons (Fsp3) is 0.500. The van der Waals surface area contributed by atoms with E-state index in [0.29, 0.717) is 37.0 Å². The summed E-state index contributed by atoms with van der Waals surface area (Å²) in [4.78, 5) is 15.2. The van der Waals surface area contributed by atoms with E-state index in [-0.39, 0.29) is 0 Å². The van der Waals surface area contributed by atoms with Crippen molar-refractivity contribution in [1.82, 2.24) is 14.3 Å². The van der Waals surface area contributed by atoms with Crippen LogP contribution in [-0.4, -0.2) is 48.9 Å². The Bertz CT molecular complexity index is 1220. The van der Waals surface area contributed by atoms with Gasteiger partial charge in [0.25, 0.3) is 0 Å². The van der Waals surface area contributed by atoms with Gasteiger partial charge in [0.1, 0.15) is 16.5 Å². The number of sulfonamides is 1. The van der Waals surface area contributed by atoms with Crippen LogP contribution in [0.4, 0.5) is 5.82 Å². The quantitative estimate of drug-likeness (QED) is 0.557. The van der Waals surface area contributed by atoms with Gasteiger partial charge in [-0.25, -0.2) is 18.4 Å². The largest absolute Gasteiger partial charge is 0.353 e. The van der Waals surface area contributed by atoms with Crippen LogP contribution in [0.15, 0.2) is 35.2 Å². The zero-order valence-corrected chi connectivity index (χ0v) is 20.4. The van der Waals surface area contributed by atoms with Gasteiger partial charge in [-0.2, -0.15) is 4.31 Å². The highest BCUT2D eigenvalue weighted by Crippen LogP contribution is 2.41. The Morgan fingerprint density at radius 3 is 2.56 bits per heavy atom. The molecule has 32 heavy (non-hydrogen) atoms. The van der Waals surface area contributed by atoms with Crippen molar-refractivity contribution in [2.45, 2.75) is 50.8 Å². The minimum Gasteiger partial charge on any atom is -0.353 e. The van der Waals surface area contributed by atoms with Crippen molar-refractivity contribution in [3.63, 3.8) is 0 Å². The lowest BCUT2D eigenvalue weighted by atomic mass is 9.89. The third-order valence-corrected chi connectivity index (χ3v) is 9.64. The maximum absolute atomic E-state index is 13.0. The van der Waals surface area contributed by atoms with Crippen molar-refractivity contribution in [1.29, 1.82) is 0 Å². The van der Waals surface area contributed by atoms with Crippen LogP contribution in [0.5, 0.6) is 0 Å². The van der Waals surface area contributed by atoms with Crippen molar-refractivity contribution in [2.24, 2.45) is 5.92 Å². The number of nitrogens with zero attached hydrogens (tertiary/aromatic N) is 4. The molecule has 1 atom stereocenters. The maximum Gasteiger partial charge on any atom is 0.243 e. The third kappa shape index (κ3) is 3.93. The first-order valence-electron chi connectivity index (χ1n) is 11.6. The summed E-state index contributed by atoms with van der Waals surface area (Å²) in [7, 11) is -3.46. The fourth-order valence-corrected chi connectivity index (χ4v) is 7.65. The van der Waals surface area contributed by atoms with E-state index in [1.807, 2.05) is 17.4 Å². The van der Waals surface area contributed by atoms with Gasteiger partial charge in [0, 0.05) is 37.5 Å². The molecule has 1 fully saturated rings. The molecule has 2 aliphatic rings. The molecule has 0 bridgehead atoms. The van der Waals surface area contributed by atoms with E-state index in [2.05, 4.69) is 18.7 Å². The van der Waals surface area contributed by atoms with Gasteiger partial charge in [-0.3, -0.25) is 0 Å². The molecular formula is C24H30N4O2S2. The summed E-state index contributed by atoms with van der Waals surface area (Å²) in [6.07, 6.45) is 5.29. The van der Waals surface area contributed by atoms with Crippen LogP contribution < -0.4 is 4.90 Å². The molecule has 0 unspecified atom stereocenters. The van der Waals surface area contributed by atoms with E-state index in [1.54, 1.807) is 28.6 Å². The van der Waals surface area contributed by atoms with Crippen LogP contribution in [0.25, 0.3) is 10.2 Å². The molecule has 1 aromatic carbocycles. The van der Waals surface area contributed by atoms with Crippen LogP contribution in [0, 0.1) is 5.92 Å². The van der Waals surface area contributed by atoms with Gasteiger partial charge in [-0.15, -0.1) is 11.3 Å². The van der Waals surface area contributed by atoms with Crippen molar-refractivity contribution >= 4 is 37.4 Å². The zero-order chi connectivity index (χ0) is 22.3. The summed E-state index contributed by atoms with van der Waals surface area (Å²) < 4.78 is 27.7. The minimum atomic E-state index is -3.46. The summed E-state index contributed by atoms with van der Waals surface area (Å²) in [6.45, 7) is 6.70. The molecular weight excluding hydrogens is 440 g/mol. The SMILES string of the molecule is CCCc1nc(N2CCN(S(=O)(=O)c3ccccc3)CC2)c2c3c(sc2n1)C[C@@H](C)CC3. The number of aryl methyl sites for hydroxylation is 2. The summed E-state index contributed by atoms with van der Waals surface area (Å²) in [5, 5.41) is 1.22. The molecule has 0 spiro atoms. The molecule has 1 aliphatic carbocycles. The lowest BCUT2D eigenvalue weighted by Gasteiger charge is -2.35. The molecule has 5 rings (SSSR count). The second-order valence-corrected chi connectivity index (χ2v) is 12.0. The minimum absolute atomic E-state index is 0.365. The molecule has 1 aliphatic heterocycles. The van der Waals surface area contributed by atoms with E-state index in [4.69, 9.17) is 9.97 Å². The molecule has 0 amide bonds. The average molecular weight is 471 g/mol. The van der Waals surface area contributed by atoms with Gasteiger partial charge in [-0.05, 0) is 49.3 Å². The number of benzene rings is 1. The predicted molar refractivity (Wildman–Crippen MR) is 130 cm³/mol. The number of hydrogen-bond acceptors (Lipinski definition) is 6. The van der Waals surface area contributed by atoms with E-state index < -0.39 is 10.0 Å². The van der Waals surface area contributed by atoms with Gasteiger partial charge in [-0.1, -0.05) is 32.0 Å². The molecule has 1 saturated heterocycles. The number of rotatable bonds is 5. The first kappa shape index (κ1) is 21.8. The monoisotopic (exact) mass is 470 g/mol. The van der Waals surface area contributed by atoms with Crippen LogP contribution in [0.1, 0.15) is 43.0 Å². The van der Waals surface area contributed by atoms with Crippen molar-refractivity contribution in [3.8, 4) is 0 Å². The Labute approximate surface area is 194 Å². The van der Waals surface area contributed by atoms with E-state index >= 15 is 0 Å². The molecule has 0 radical (unpaired) electrons. The summed E-state index contributed by atoms with van der Waals surface area (Å²) in [5.41, 5.74) is 1.43. The molecule has 0 N–H and O–H groups in total. The Balaban J connectivity index is 1.46. The van der Waals surface area contributed by atoms with Gasteiger partial charge in [0.2, 0.25) is 10.0 Å². The van der Waals surface area contributed by atoms with Crippen molar-refractivity contribution in [2.75, 3.05) is 31.1 Å². The number of thiophene rings is 1. The molecule has 3 aromatic rings. The molecule has 170 valence electrons. The standard InChI is InChI=1S/C24H30N4O2S2/c1-3-7-21-25-23(22-19-11-10-17(2)16-20(19)31-24(22)26-21)27-12-14-28(15-13-27)32(29,30)18-8-5-4-6-9-18/h4-6,8-9,17H,3,7,10-16H2,1-2H3/t17-/m0/s1. The van der Waals surface area contributed by atoms with Crippen LogP contribution in [0.3, 0.4) is 0 Å². The van der Waals surface area contributed by atoms with Crippen LogP contribution >= 0.6 is 11.3 Å². The second kappa shape index (κ2) is 8.72. The highest BCUT2D eigenvalue weighted by Gasteiger charge is 2.31. The smallest absolute Gasteiger partial charge is 0.243 e. The first-order chi connectivity index (χ1) is 15.5. The number of aromatic nitrogens is 2. The lowest BCUT2D eigenvalue weighted by Crippen LogP contribution is -2.49. The molecule has 8 heteroatoms. The predicted octanol–water partition coefficient (Wildman–Crippen LogP) is 4.28. The first-order valence-corrected chi connectivity index (χ1v) is 13.8. The molecule has 0 saturated carbocycles. The Morgan fingerprint density at radius 1 is 1.09 bits per heavy atom. The fourth-order valence-electron chi connectivity index (χ4n) is 4.81. The van der Waals surface area contributed by atoms with Gasteiger partial charge >= 0.3 is 0 Å². The topological polar surface area (TPSA) is 66.4 Å². The molecule has 6 nitrogen and oxygen atoms in total. The average Bonchev–Trinajstić information content (AvgIpc) is 3.16. The van der Waals surface area contributed by atoms with Crippen LogP contribution in [-0.2, 0) is 29.3 Å². The molecule has 2 aromatic heterocycles. The Morgan fingerprint density at radius 2 is 1.84 bits per heavy atom. The number of hydrogen-bond donors (Lipinski definition) is 0. The summed E-state index contributed by atoms with van der Waals surface area (Å²) >= 11 is 1.84. The van der Waals surface area contributed by atoms with Crippen molar-refractivity contribution < 1.29 is 8.42 Å².